The van der Waals surface area contributed by atoms with Crippen LogP contribution in [0.5, 0.6) is 0 Å². The molecule has 0 aliphatic carbocycles. The molecule has 1 aliphatic heterocycles. The van der Waals surface area contributed by atoms with Crippen molar-refractivity contribution in [3.05, 3.63) is 64.7 Å². The van der Waals surface area contributed by atoms with Crippen LogP contribution in [0.2, 0.25) is 0 Å². The first-order valence-corrected chi connectivity index (χ1v) is 11.5. The Morgan fingerprint density at radius 3 is 2.44 bits per heavy atom. The number of amides is 1. The lowest BCUT2D eigenvalue weighted by Gasteiger charge is -2.40. The summed E-state index contributed by atoms with van der Waals surface area (Å²) in [6.07, 6.45) is -0.210. The van der Waals surface area contributed by atoms with Crippen molar-refractivity contribution in [1.82, 2.24) is 9.88 Å². The van der Waals surface area contributed by atoms with E-state index in [0.29, 0.717) is 35.6 Å². The molecule has 2 heterocycles. The largest absolute Gasteiger partial charge is 0.383 e. The summed E-state index contributed by atoms with van der Waals surface area (Å²) in [6.45, 7) is 2.14. The second-order valence-electron chi connectivity index (χ2n) is 7.85. The third-order valence-corrected chi connectivity index (χ3v) is 6.59. The molecule has 1 atom stereocenters. The first kappa shape index (κ1) is 22.3. The lowest BCUT2D eigenvalue weighted by Crippen LogP contribution is -2.26. The van der Waals surface area contributed by atoms with Crippen LogP contribution in [-0.4, -0.2) is 22.8 Å². The summed E-state index contributed by atoms with van der Waals surface area (Å²) in [4.78, 5) is 16.6. The number of aromatic nitrogens is 1. The number of hydrogen-bond donors (Lipinski definition) is 1. The third-order valence-electron chi connectivity index (χ3n) is 5.43. The maximum atomic E-state index is 12.9. The number of rotatable bonds is 4. The fourth-order valence-corrected chi connectivity index (χ4v) is 4.47. The SMILES string of the molecule is C[C@H]1OCc2c1c(N)nc1ccc(C(=O)N(C)Cc3ccc(S(F)(F)(F)(F)F)cc3)cc21. The number of nitrogens with two attached hydrogens (primary N) is 1. The van der Waals surface area contributed by atoms with Crippen molar-refractivity contribution in [3.8, 4) is 0 Å². The van der Waals surface area contributed by atoms with Crippen LogP contribution in [0, 0.1) is 0 Å². The molecule has 2 aromatic carbocycles. The number of fused-ring (bicyclic) bond motifs is 3. The van der Waals surface area contributed by atoms with E-state index >= 15 is 0 Å². The van der Waals surface area contributed by atoms with Crippen molar-refractivity contribution in [2.75, 3.05) is 12.8 Å². The van der Waals surface area contributed by atoms with Gasteiger partial charge < -0.3 is 15.4 Å². The highest BCUT2D eigenvalue weighted by Gasteiger charge is 2.65. The number of hydrogen-bond acceptors (Lipinski definition) is 4. The van der Waals surface area contributed by atoms with Crippen molar-refractivity contribution in [2.24, 2.45) is 0 Å². The van der Waals surface area contributed by atoms with Gasteiger partial charge in [-0.2, -0.15) is 0 Å². The number of pyridine rings is 1. The maximum Gasteiger partial charge on any atom is 0.310 e. The fraction of sp³-hybridized carbons (Fsp3) is 0.238. The summed E-state index contributed by atoms with van der Waals surface area (Å²) in [5.41, 5.74) is 8.93. The predicted octanol–water partition coefficient (Wildman–Crippen LogP) is 6.34. The number of ether oxygens (including phenoxy) is 1. The van der Waals surface area contributed by atoms with Gasteiger partial charge in [0.1, 0.15) is 10.7 Å². The Hall–Kier alpha value is -2.92. The molecule has 0 fully saturated rings. The number of anilines is 1. The van der Waals surface area contributed by atoms with E-state index in [1.807, 2.05) is 6.92 Å². The van der Waals surface area contributed by atoms with Crippen LogP contribution >= 0.6 is 10.2 Å². The first-order valence-electron chi connectivity index (χ1n) is 9.56. The molecular weight excluding hydrogens is 453 g/mol. The average Bonchev–Trinajstić information content (AvgIpc) is 3.08. The number of carbonyl (C=O) groups excluding carboxylic acids is 1. The summed E-state index contributed by atoms with van der Waals surface area (Å²) >= 11 is 0. The minimum Gasteiger partial charge on any atom is -0.383 e. The molecule has 172 valence electrons. The molecule has 0 unspecified atom stereocenters. The zero-order valence-corrected chi connectivity index (χ0v) is 17.9. The normalized spacial score (nSPS) is 18.2. The molecule has 0 spiro atoms. The topological polar surface area (TPSA) is 68.5 Å². The van der Waals surface area contributed by atoms with E-state index in [0.717, 1.165) is 28.6 Å². The first-order chi connectivity index (χ1) is 14.6. The Morgan fingerprint density at radius 2 is 1.81 bits per heavy atom. The van der Waals surface area contributed by atoms with E-state index in [4.69, 9.17) is 10.5 Å². The number of nitrogen functional groups attached to an aromatic ring is 1. The summed E-state index contributed by atoms with van der Waals surface area (Å²) in [7, 11) is -8.26. The highest BCUT2D eigenvalue weighted by molar-refractivity contribution is 8.45. The van der Waals surface area contributed by atoms with Crippen LogP contribution in [0.25, 0.3) is 10.9 Å². The molecule has 2 N–H and O–H groups in total. The molecule has 3 aromatic rings. The van der Waals surface area contributed by atoms with Gasteiger partial charge in [0.15, 0.2) is 0 Å². The van der Waals surface area contributed by atoms with Crippen LogP contribution in [-0.2, 0) is 17.9 Å². The highest BCUT2D eigenvalue weighted by atomic mass is 32.5. The van der Waals surface area contributed by atoms with Crippen LogP contribution in [0.15, 0.2) is 47.4 Å². The Kier molecular flexibility index (Phi) is 4.56. The van der Waals surface area contributed by atoms with Gasteiger partial charge in [0.25, 0.3) is 5.91 Å². The van der Waals surface area contributed by atoms with Crippen molar-refractivity contribution >= 4 is 32.9 Å². The average molecular weight is 473 g/mol. The summed E-state index contributed by atoms with van der Waals surface area (Å²) < 4.78 is 70.0. The van der Waals surface area contributed by atoms with Gasteiger partial charge in [0.05, 0.1) is 18.2 Å². The Bertz CT molecular complexity index is 1250. The molecule has 0 saturated heterocycles. The molecule has 1 amide bonds. The second kappa shape index (κ2) is 6.55. The molecule has 0 saturated carbocycles. The van der Waals surface area contributed by atoms with Crippen LogP contribution in [0.4, 0.5) is 25.2 Å². The smallest absolute Gasteiger partial charge is 0.310 e. The molecule has 0 radical (unpaired) electrons. The van der Waals surface area contributed by atoms with Crippen molar-refractivity contribution in [3.63, 3.8) is 0 Å². The summed E-state index contributed by atoms with van der Waals surface area (Å²) in [5.74, 6) is -0.00931. The van der Waals surface area contributed by atoms with E-state index in [2.05, 4.69) is 4.98 Å². The summed E-state index contributed by atoms with van der Waals surface area (Å²) in [5, 5.41) is 0.734. The van der Waals surface area contributed by atoms with Gasteiger partial charge in [-0.15, -0.1) is 0 Å². The van der Waals surface area contributed by atoms with E-state index in [-0.39, 0.29) is 24.1 Å². The standard InChI is InChI=1S/C21H20F5N3O2S/c1-12-19-17(11-31-12)16-9-14(5-8-18(16)28-20(19)27)21(30)29(2)10-13-3-6-15(7-4-13)32(22,23,24,25)26/h3-9,12H,10-11H2,1-2H3,(H2,27,28)/t12-/m1/s1. The van der Waals surface area contributed by atoms with Gasteiger partial charge in [-0.3, -0.25) is 4.79 Å². The number of benzene rings is 2. The molecular formula is C21H20F5N3O2S. The Morgan fingerprint density at radius 1 is 1.16 bits per heavy atom. The van der Waals surface area contributed by atoms with E-state index in [1.54, 1.807) is 18.2 Å². The zero-order valence-electron chi connectivity index (χ0n) is 17.1. The Labute approximate surface area is 180 Å². The Balaban J connectivity index is 1.59. The molecule has 5 nitrogen and oxygen atoms in total. The van der Waals surface area contributed by atoms with E-state index in [9.17, 15) is 24.2 Å². The minimum absolute atomic E-state index is 0.0598. The molecule has 1 aromatic heterocycles. The molecule has 11 heteroatoms. The highest BCUT2D eigenvalue weighted by Crippen LogP contribution is 3.02. The van der Waals surface area contributed by atoms with Crippen LogP contribution in [0.1, 0.15) is 40.1 Å². The van der Waals surface area contributed by atoms with Crippen LogP contribution < -0.4 is 5.73 Å². The van der Waals surface area contributed by atoms with Gasteiger partial charge in [-0.1, -0.05) is 31.6 Å². The maximum absolute atomic E-state index is 12.9. The zero-order chi connectivity index (χ0) is 23.5. The number of halogens is 5. The second-order valence-corrected chi connectivity index (χ2v) is 10.3. The molecule has 1 aliphatic rings. The minimum atomic E-state index is -9.73. The van der Waals surface area contributed by atoms with Gasteiger partial charge in [0, 0.05) is 30.1 Å². The molecule has 4 rings (SSSR count). The molecule has 0 bridgehead atoms. The predicted molar refractivity (Wildman–Crippen MR) is 113 cm³/mol. The van der Waals surface area contributed by atoms with Gasteiger partial charge in [0.2, 0.25) is 0 Å². The van der Waals surface area contributed by atoms with Gasteiger partial charge in [-0.05, 0) is 48.4 Å². The van der Waals surface area contributed by atoms with E-state index in [1.165, 1.54) is 11.9 Å². The number of carbonyl (C=O) groups is 1. The summed E-state index contributed by atoms with van der Waals surface area (Å²) in [6, 6.07) is 7.48. The van der Waals surface area contributed by atoms with Crippen LogP contribution in [0.3, 0.4) is 0 Å². The monoisotopic (exact) mass is 473 g/mol. The lowest BCUT2D eigenvalue weighted by atomic mass is 10.00. The van der Waals surface area contributed by atoms with Gasteiger partial charge >= 0.3 is 10.2 Å². The lowest BCUT2D eigenvalue weighted by molar-refractivity contribution is 0.0783. The third kappa shape index (κ3) is 4.09. The number of nitrogens with zero attached hydrogens (tertiary/aromatic N) is 2. The van der Waals surface area contributed by atoms with Crippen molar-refractivity contribution in [2.45, 2.75) is 31.1 Å². The quantitative estimate of drug-likeness (QED) is 0.449. The fourth-order valence-electron chi connectivity index (χ4n) is 3.82. The van der Waals surface area contributed by atoms with Crippen molar-refractivity contribution < 1.29 is 29.0 Å². The van der Waals surface area contributed by atoms with Crippen molar-refractivity contribution in [1.29, 1.82) is 0 Å². The molecule has 32 heavy (non-hydrogen) atoms. The van der Waals surface area contributed by atoms with E-state index < -0.39 is 15.1 Å². The van der Waals surface area contributed by atoms with Gasteiger partial charge in [-0.25, -0.2) is 4.98 Å².